The second kappa shape index (κ2) is 5.19. The third-order valence-corrected chi connectivity index (χ3v) is 3.05. The summed E-state index contributed by atoms with van der Waals surface area (Å²) in [4.78, 5) is 13.3. The number of H-pyrrole nitrogens is 1. The summed E-state index contributed by atoms with van der Waals surface area (Å²) >= 11 is 0. The van der Waals surface area contributed by atoms with Gasteiger partial charge in [0.2, 0.25) is 6.54 Å². The molecule has 1 aromatic carbocycles. The van der Waals surface area contributed by atoms with Crippen LogP contribution in [0.25, 0.3) is 10.9 Å². The van der Waals surface area contributed by atoms with Crippen molar-refractivity contribution in [3.63, 3.8) is 0 Å². The van der Waals surface area contributed by atoms with Gasteiger partial charge in [0.25, 0.3) is 0 Å². The molecule has 0 fully saturated rings. The van der Waals surface area contributed by atoms with Gasteiger partial charge in [-0.1, -0.05) is 18.2 Å². The van der Waals surface area contributed by atoms with Crippen LogP contribution in [0, 0.1) is 38.7 Å². The number of hydrogen-bond acceptors (Lipinski definition) is 4. The summed E-state index contributed by atoms with van der Waals surface area (Å²) in [6.07, 6.45) is 1.64. The van der Waals surface area contributed by atoms with E-state index in [9.17, 15) is 10.1 Å². The highest BCUT2D eigenvalue weighted by atomic mass is 16.6. The highest BCUT2D eigenvalue weighted by molar-refractivity contribution is 5.83. The lowest BCUT2D eigenvalue weighted by Crippen LogP contribution is -2.19. The summed E-state index contributed by atoms with van der Waals surface area (Å²) < 4.78 is 0. The zero-order valence-corrected chi connectivity index (χ0v) is 9.91. The van der Waals surface area contributed by atoms with Crippen LogP contribution in [-0.2, 0) is 0 Å². The number of hydrogen-bond donors (Lipinski definition) is 1. The predicted molar refractivity (Wildman–Crippen MR) is 67.6 cm³/mol. The number of nitrogens with one attached hydrogen (secondary N) is 1. The Kier molecular flexibility index (Phi) is 3.44. The predicted octanol–water partition coefficient (Wildman–Crippen LogP) is 2.19. The maximum Gasteiger partial charge on any atom is 0.213 e. The van der Waals surface area contributed by atoms with E-state index in [4.69, 9.17) is 10.5 Å². The number of nitriles is 2. The second-order valence-corrected chi connectivity index (χ2v) is 4.15. The van der Waals surface area contributed by atoms with Gasteiger partial charge in [0, 0.05) is 22.0 Å². The van der Waals surface area contributed by atoms with Crippen LogP contribution in [0.3, 0.4) is 0 Å². The quantitative estimate of drug-likeness (QED) is 0.666. The van der Waals surface area contributed by atoms with Crippen LogP contribution >= 0.6 is 0 Å². The standard InChI is InChI=1S/C13H10N4O2/c14-5-9(6-15)12(8-17(18)19)11-7-16-13-4-2-1-3-10(11)13/h1-4,7,9,12,16H,8H2. The number of benzene rings is 1. The molecule has 1 heterocycles. The van der Waals surface area contributed by atoms with Gasteiger partial charge in [0.15, 0.2) is 0 Å². The number of nitro groups is 1. The smallest absolute Gasteiger partial charge is 0.213 e. The Hall–Kier alpha value is -2.86. The Morgan fingerprint density at radius 2 is 2.00 bits per heavy atom. The van der Waals surface area contributed by atoms with Crippen molar-refractivity contribution in [3.05, 3.63) is 46.1 Å². The van der Waals surface area contributed by atoms with Gasteiger partial charge in [0.1, 0.15) is 5.92 Å². The van der Waals surface area contributed by atoms with Crippen molar-refractivity contribution in [2.75, 3.05) is 6.54 Å². The topological polar surface area (TPSA) is 107 Å². The molecule has 0 radical (unpaired) electrons. The number of nitrogens with zero attached hydrogens (tertiary/aromatic N) is 3. The van der Waals surface area contributed by atoms with Gasteiger partial charge in [-0.3, -0.25) is 10.1 Å². The van der Waals surface area contributed by atoms with Crippen molar-refractivity contribution in [2.45, 2.75) is 5.92 Å². The molecule has 1 aromatic heterocycles. The van der Waals surface area contributed by atoms with Gasteiger partial charge in [-0.15, -0.1) is 0 Å². The molecular formula is C13H10N4O2. The lowest BCUT2D eigenvalue weighted by Gasteiger charge is -2.12. The lowest BCUT2D eigenvalue weighted by atomic mass is 9.87. The van der Waals surface area contributed by atoms with Gasteiger partial charge < -0.3 is 4.98 Å². The van der Waals surface area contributed by atoms with Crippen LogP contribution in [0.4, 0.5) is 0 Å². The molecule has 6 nitrogen and oxygen atoms in total. The van der Waals surface area contributed by atoms with Gasteiger partial charge >= 0.3 is 0 Å². The van der Waals surface area contributed by atoms with E-state index < -0.39 is 23.3 Å². The summed E-state index contributed by atoms with van der Waals surface area (Å²) in [7, 11) is 0. The molecule has 0 aliphatic heterocycles. The summed E-state index contributed by atoms with van der Waals surface area (Å²) in [5, 5.41) is 29.5. The van der Waals surface area contributed by atoms with Crippen molar-refractivity contribution < 1.29 is 4.92 Å². The van der Waals surface area contributed by atoms with E-state index in [1.165, 1.54) is 0 Å². The van der Waals surface area contributed by atoms with Gasteiger partial charge in [-0.25, -0.2) is 0 Å². The molecule has 1 unspecified atom stereocenters. The number of aromatic nitrogens is 1. The first-order valence-electron chi connectivity index (χ1n) is 5.64. The maximum absolute atomic E-state index is 10.8. The summed E-state index contributed by atoms with van der Waals surface area (Å²) in [5.41, 5.74) is 1.47. The largest absolute Gasteiger partial charge is 0.361 e. The van der Waals surface area contributed by atoms with Gasteiger partial charge in [0.05, 0.1) is 18.1 Å². The SMILES string of the molecule is N#CC(C#N)C(C[N+](=O)[O-])c1c[nH]c2ccccc12. The average Bonchev–Trinajstić information content (AvgIpc) is 2.82. The van der Waals surface area contributed by atoms with E-state index in [0.717, 1.165) is 10.9 Å². The molecule has 0 aliphatic rings. The van der Waals surface area contributed by atoms with Crippen LogP contribution in [0.1, 0.15) is 11.5 Å². The zero-order chi connectivity index (χ0) is 13.8. The number of rotatable bonds is 4. The van der Waals surface area contributed by atoms with E-state index in [-0.39, 0.29) is 0 Å². The molecule has 2 aromatic rings. The van der Waals surface area contributed by atoms with E-state index in [2.05, 4.69) is 4.98 Å². The highest BCUT2D eigenvalue weighted by Gasteiger charge is 2.30. The molecule has 1 N–H and O–H groups in total. The lowest BCUT2D eigenvalue weighted by molar-refractivity contribution is -0.484. The van der Waals surface area contributed by atoms with Crippen molar-refractivity contribution >= 4 is 10.9 Å². The number of fused-ring (bicyclic) bond motifs is 1. The molecule has 0 aliphatic carbocycles. The molecule has 0 spiro atoms. The summed E-state index contributed by atoms with van der Waals surface area (Å²) in [5.74, 6) is -1.77. The highest BCUT2D eigenvalue weighted by Crippen LogP contribution is 2.30. The minimum atomic E-state index is -1.04. The first-order valence-corrected chi connectivity index (χ1v) is 5.64. The molecule has 0 amide bonds. The van der Waals surface area contributed by atoms with Crippen molar-refractivity contribution in [1.82, 2.24) is 4.98 Å². The number of aromatic amines is 1. The van der Waals surface area contributed by atoms with Gasteiger partial charge in [-0.2, -0.15) is 10.5 Å². The molecule has 19 heavy (non-hydrogen) atoms. The third-order valence-electron chi connectivity index (χ3n) is 3.05. The molecular weight excluding hydrogens is 244 g/mol. The van der Waals surface area contributed by atoms with Crippen LogP contribution in [-0.4, -0.2) is 16.5 Å². The molecule has 0 saturated heterocycles. The first kappa shape index (κ1) is 12.6. The average molecular weight is 254 g/mol. The molecule has 6 heteroatoms. The molecule has 0 bridgehead atoms. The second-order valence-electron chi connectivity index (χ2n) is 4.15. The molecule has 1 atom stereocenters. The third kappa shape index (κ3) is 2.38. The van der Waals surface area contributed by atoms with E-state index in [0.29, 0.717) is 5.56 Å². The Balaban J connectivity index is 2.52. The minimum Gasteiger partial charge on any atom is -0.361 e. The van der Waals surface area contributed by atoms with Crippen LogP contribution in [0.15, 0.2) is 30.5 Å². The normalized spacial score (nSPS) is 11.9. The van der Waals surface area contributed by atoms with E-state index in [1.54, 1.807) is 6.20 Å². The molecule has 0 saturated carbocycles. The van der Waals surface area contributed by atoms with Crippen molar-refractivity contribution in [2.24, 2.45) is 5.92 Å². The van der Waals surface area contributed by atoms with Crippen LogP contribution < -0.4 is 0 Å². The fourth-order valence-corrected chi connectivity index (χ4v) is 2.15. The molecule has 2 rings (SSSR count). The van der Waals surface area contributed by atoms with E-state index in [1.807, 2.05) is 36.4 Å². The summed E-state index contributed by atoms with van der Waals surface area (Å²) in [6.45, 7) is -0.437. The van der Waals surface area contributed by atoms with Gasteiger partial charge in [-0.05, 0) is 11.6 Å². The summed E-state index contributed by atoms with van der Waals surface area (Å²) in [6, 6.07) is 11.0. The Labute approximate surface area is 109 Å². The van der Waals surface area contributed by atoms with Crippen molar-refractivity contribution in [3.8, 4) is 12.1 Å². The van der Waals surface area contributed by atoms with Crippen molar-refractivity contribution in [1.29, 1.82) is 10.5 Å². The first-order chi connectivity index (χ1) is 9.17. The van der Waals surface area contributed by atoms with Crippen LogP contribution in [0.5, 0.6) is 0 Å². The Morgan fingerprint density at radius 3 is 2.63 bits per heavy atom. The Morgan fingerprint density at radius 1 is 1.32 bits per heavy atom. The Bertz CT molecular complexity index is 678. The maximum atomic E-state index is 10.8. The fourth-order valence-electron chi connectivity index (χ4n) is 2.15. The monoisotopic (exact) mass is 254 g/mol. The molecule has 94 valence electrons. The zero-order valence-electron chi connectivity index (χ0n) is 9.91. The van der Waals surface area contributed by atoms with Crippen LogP contribution in [0.2, 0.25) is 0 Å². The minimum absolute atomic E-state index is 0.437. The number of para-hydroxylation sites is 1. The fraction of sp³-hybridized carbons (Fsp3) is 0.231. The van der Waals surface area contributed by atoms with E-state index >= 15 is 0 Å².